The monoisotopic (exact) mass is 1250 g/mol. The molecule has 3 heterocycles. The molecule has 3 nitrogen and oxygen atoms in total. The summed E-state index contributed by atoms with van der Waals surface area (Å²) in [5.41, 5.74) is 31.4. The first-order chi connectivity index (χ1) is 45.8. The maximum atomic E-state index is 5.22. The van der Waals surface area contributed by atoms with Crippen molar-refractivity contribution in [2.24, 2.45) is 0 Å². The molecule has 12 aromatic rings. The minimum Gasteiger partial charge on any atom is -0.310 e. The number of anilines is 4. The van der Waals surface area contributed by atoms with E-state index >= 15 is 0 Å². The number of rotatable bonds is 11. The second kappa shape index (κ2) is 23.9. The summed E-state index contributed by atoms with van der Waals surface area (Å²) in [5.74, 6) is 0. The summed E-state index contributed by atoms with van der Waals surface area (Å²) in [5, 5.41) is 2.40. The Morgan fingerprint density at radius 1 is 0.312 bits per heavy atom. The quantitative estimate of drug-likeness (QED) is 0.0945. The van der Waals surface area contributed by atoms with Gasteiger partial charge in [-0.15, -0.1) is 0 Å². The predicted octanol–water partition coefficient (Wildman–Crippen LogP) is 23.0. The Balaban J connectivity index is 1.19. The second-order valence-corrected chi connectivity index (χ2v) is 30.9. The molecular weight excluding hydrogens is 1160 g/mol. The number of hydrogen-bond acceptors (Lipinski definition) is 2. The van der Waals surface area contributed by atoms with Crippen LogP contribution in [0.4, 0.5) is 22.7 Å². The van der Waals surface area contributed by atoms with E-state index in [-0.39, 0.29) is 28.4 Å². The van der Waals surface area contributed by atoms with E-state index in [1.54, 1.807) is 0 Å². The van der Waals surface area contributed by atoms with Crippen LogP contribution in [-0.4, -0.2) is 11.3 Å². The topological polar surface area (TPSA) is 11.4 Å². The van der Waals surface area contributed by atoms with Crippen LogP contribution in [0.3, 0.4) is 0 Å². The lowest BCUT2D eigenvalue weighted by Crippen LogP contribution is -2.62. The van der Waals surface area contributed by atoms with Gasteiger partial charge in [0.05, 0.1) is 28.1 Å². The summed E-state index contributed by atoms with van der Waals surface area (Å²) in [6, 6.07) is 95.9. The van der Waals surface area contributed by atoms with Gasteiger partial charge < -0.3 is 14.4 Å². The standard InChI is InChI=1S/C92H88BN3/c1-59(63-33-21-17-22-34-63)87(60(2)64-35-23-18-24-36-64)95-82-53-67(69-49-71(89(5,6)7)55-72(50-69)90(8,9)10)45-47-78(82)93-79-48-46-68(70-51-73(91(11,12)13)56-74(52-70)92(14,15)16)54-83(79)96(88(61(3)65-37-25-19-26-38-65)62(4)66-39-27-20-28-40-66)85-58-75(57-84(95)86(85)93)94-80-43-31-29-41-76(80)77-42-30-32-44-81(77)94/h17-58H,1,3H2,2,4-16H3/b87-60-,88-62-. The van der Waals surface area contributed by atoms with Crippen LogP contribution in [0, 0.1) is 0 Å². The molecule has 96 heavy (non-hydrogen) atoms. The fourth-order valence-electron chi connectivity index (χ4n) is 14.7. The molecule has 0 amide bonds. The summed E-state index contributed by atoms with van der Waals surface area (Å²) in [6.45, 7) is 42.9. The van der Waals surface area contributed by atoms with Crippen LogP contribution in [0.2, 0.25) is 0 Å². The zero-order valence-corrected chi connectivity index (χ0v) is 58.6. The third kappa shape index (κ3) is 11.3. The Morgan fingerprint density at radius 3 is 0.958 bits per heavy atom. The van der Waals surface area contributed by atoms with Crippen LogP contribution >= 0.6 is 0 Å². The van der Waals surface area contributed by atoms with Gasteiger partial charge in [-0.25, -0.2) is 0 Å². The van der Waals surface area contributed by atoms with E-state index in [2.05, 4.69) is 366 Å². The molecule has 2 aliphatic rings. The van der Waals surface area contributed by atoms with Crippen molar-refractivity contribution in [3.8, 4) is 27.9 Å². The van der Waals surface area contributed by atoms with Gasteiger partial charge in [-0.3, -0.25) is 0 Å². The molecule has 0 unspecified atom stereocenters. The van der Waals surface area contributed by atoms with Crippen molar-refractivity contribution in [2.75, 3.05) is 9.80 Å². The van der Waals surface area contributed by atoms with Gasteiger partial charge in [0.15, 0.2) is 0 Å². The van der Waals surface area contributed by atoms with Gasteiger partial charge in [-0.2, -0.15) is 0 Å². The van der Waals surface area contributed by atoms with Crippen LogP contribution in [-0.2, 0) is 21.7 Å². The lowest BCUT2D eigenvalue weighted by molar-refractivity contribution is 0.568. The van der Waals surface area contributed by atoms with Gasteiger partial charge in [0, 0.05) is 33.5 Å². The number of benzene rings is 11. The minimum atomic E-state index is -0.244. The first kappa shape index (κ1) is 63.2. The fourth-order valence-corrected chi connectivity index (χ4v) is 14.7. The molecule has 4 heteroatoms. The average molecular weight is 1250 g/mol. The predicted molar refractivity (Wildman–Crippen MR) is 417 cm³/mol. The number of allylic oxidation sites excluding steroid dienone is 4. The van der Waals surface area contributed by atoms with Gasteiger partial charge in [0.2, 0.25) is 0 Å². The first-order valence-electron chi connectivity index (χ1n) is 34.2. The molecule has 1 aromatic heterocycles. The van der Waals surface area contributed by atoms with E-state index in [0.717, 1.165) is 107 Å². The van der Waals surface area contributed by atoms with Crippen molar-refractivity contribution in [1.29, 1.82) is 0 Å². The van der Waals surface area contributed by atoms with Gasteiger partial charge in [0.1, 0.15) is 0 Å². The lowest BCUT2D eigenvalue weighted by atomic mass is 9.33. The Kier molecular flexibility index (Phi) is 15.8. The summed E-state index contributed by atoms with van der Waals surface area (Å²) >= 11 is 0. The molecule has 0 bridgehead atoms. The van der Waals surface area contributed by atoms with Crippen molar-refractivity contribution < 1.29 is 0 Å². The van der Waals surface area contributed by atoms with Crippen LogP contribution in [0.15, 0.2) is 279 Å². The highest BCUT2D eigenvalue weighted by Crippen LogP contribution is 2.51. The van der Waals surface area contributed by atoms with Crippen molar-refractivity contribution in [1.82, 2.24) is 4.57 Å². The summed E-state index contributed by atoms with van der Waals surface area (Å²) < 4.78 is 2.52. The Hall–Kier alpha value is -10.2. The molecule has 0 saturated heterocycles. The zero-order chi connectivity index (χ0) is 67.3. The smallest absolute Gasteiger partial charge is 0.252 e. The number of aromatic nitrogens is 1. The highest BCUT2D eigenvalue weighted by molar-refractivity contribution is 7.00. The average Bonchev–Trinajstić information content (AvgIpc) is 0.794. The molecule has 0 N–H and O–H groups in total. The molecule has 14 rings (SSSR count). The Morgan fingerprint density at radius 2 is 0.625 bits per heavy atom. The highest BCUT2D eigenvalue weighted by Gasteiger charge is 2.46. The molecule has 0 spiro atoms. The number of para-hydroxylation sites is 2. The van der Waals surface area contributed by atoms with Crippen molar-refractivity contribution >= 4 is 89.9 Å². The third-order valence-electron chi connectivity index (χ3n) is 20.3. The number of hydrogen-bond donors (Lipinski definition) is 0. The largest absolute Gasteiger partial charge is 0.310 e. The van der Waals surface area contributed by atoms with E-state index in [0.29, 0.717) is 0 Å². The van der Waals surface area contributed by atoms with E-state index < -0.39 is 0 Å². The number of fused-ring (bicyclic) bond motifs is 7. The molecule has 0 aliphatic carbocycles. The normalized spacial score (nSPS) is 13.7. The molecule has 0 radical (unpaired) electrons. The zero-order valence-electron chi connectivity index (χ0n) is 58.6. The lowest BCUT2D eigenvalue weighted by Gasteiger charge is -2.46. The van der Waals surface area contributed by atoms with Crippen molar-refractivity contribution in [2.45, 2.75) is 119 Å². The summed E-state index contributed by atoms with van der Waals surface area (Å²) in [7, 11) is 0. The Labute approximate surface area is 571 Å². The van der Waals surface area contributed by atoms with E-state index in [1.165, 1.54) is 60.5 Å². The van der Waals surface area contributed by atoms with Crippen molar-refractivity contribution in [3.63, 3.8) is 0 Å². The Bertz CT molecular complexity index is 4750. The molecule has 0 fully saturated rings. The molecule has 11 aromatic carbocycles. The van der Waals surface area contributed by atoms with E-state index in [4.69, 9.17) is 13.2 Å². The van der Waals surface area contributed by atoms with E-state index in [1.807, 2.05) is 0 Å². The van der Waals surface area contributed by atoms with Crippen LogP contribution in [0.5, 0.6) is 0 Å². The highest BCUT2D eigenvalue weighted by atomic mass is 15.2. The second-order valence-electron chi connectivity index (χ2n) is 30.9. The first-order valence-corrected chi connectivity index (χ1v) is 34.2. The molecule has 2 aliphatic heterocycles. The summed E-state index contributed by atoms with van der Waals surface area (Å²) in [6.07, 6.45) is 0. The molecule has 0 atom stereocenters. The fraction of sp³-hybridized carbons (Fsp3) is 0.196. The molecular formula is C92H88BN3. The maximum Gasteiger partial charge on any atom is 0.252 e. The maximum absolute atomic E-state index is 5.22. The van der Waals surface area contributed by atoms with Gasteiger partial charge in [0.25, 0.3) is 6.71 Å². The SMILES string of the molecule is C=C(/C(=C(\C)c1ccccc1)N1c2cc(-c3cc(C(C)(C)C)cc(C(C)(C)C)c3)ccc2B2c3ccc(-c4cc(C(C)(C)C)cc(C(C)(C)C)c4)cc3N(/C(C(=C)c3ccccc3)=C(/C)c3ccccc3)c3cc(-n4c5ccccc5c5ccccc54)cc1c32)c1ccccc1. The van der Waals surface area contributed by atoms with Crippen LogP contribution in [0.1, 0.15) is 141 Å². The van der Waals surface area contributed by atoms with Gasteiger partial charge in [-0.05, 0) is 177 Å². The van der Waals surface area contributed by atoms with E-state index in [9.17, 15) is 0 Å². The molecule has 0 saturated carbocycles. The van der Waals surface area contributed by atoms with Gasteiger partial charge >= 0.3 is 0 Å². The van der Waals surface area contributed by atoms with Crippen LogP contribution in [0.25, 0.3) is 72.0 Å². The third-order valence-corrected chi connectivity index (χ3v) is 20.3. The molecule has 474 valence electrons. The van der Waals surface area contributed by atoms with Crippen LogP contribution < -0.4 is 26.2 Å². The number of nitrogens with zero attached hydrogens (tertiary/aromatic N) is 3. The minimum absolute atomic E-state index is 0.0954. The van der Waals surface area contributed by atoms with Crippen molar-refractivity contribution in [3.05, 3.63) is 324 Å². The summed E-state index contributed by atoms with van der Waals surface area (Å²) in [4.78, 5) is 5.26. The van der Waals surface area contributed by atoms with Gasteiger partial charge in [-0.1, -0.05) is 315 Å².